The molecule has 0 aliphatic carbocycles. The van der Waals surface area contributed by atoms with Gasteiger partial charge in [0.1, 0.15) is 0 Å². The molecule has 42 valence electrons. The number of rotatable bonds is 0. The van der Waals surface area contributed by atoms with Crippen molar-refractivity contribution in [1.82, 2.24) is 0 Å². The van der Waals surface area contributed by atoms with Crippen LogP contribution in [0.4, 0.5) is 0 Å². The van der Waals surface area contributed by atoms with Crippen LogP contribution in [-0.2, 0) is 3.74 Å². The molecule has 0 rings (SSSR count). The van der Waals surface area contributed by atoms with Crippen molar-refractivity contribution >= 4 is 39.7 Å². The Hall–Kier alpha value is 1.08. The van der Waals surface area contributed by atoms with Gasteiger partial charge in [-0.1, -0.05) is 0 Å². The van der Waals surface area contributed by atoms with Gasteiger partial charge in [-0.3, -0.25) is 0 Å². The molecular formula is H2AsBiO5. The molecule has 0 aromatic rings. The van der Waals surface area contributed by atoms with Gasteiger partial charge >= 0.3 is 58.9 Å². The molecule has 0 spiro atoms. The van der Waals surface area contributed by atoms with Crippen LogP contribution < -0.4 is 12.3 Å². The Kier molecular flexibility index (Phi) is 8.18. The van der Waals surface area contributed by atoms with Gasteiger partial charge in [0.15, 0.2) is 0 Å². The summed E-state index contributed by atoms with van der Waals surface area (Å²) in [7, 11) is 0. The second-order valence-electron chi connectivity index (χ2n) is 0.447. The summed E-state index contributed by atoms with van der Waals surface area (Å²) in [5.41, 5.74) is 0. The Balaban J connectivity index is 0. The van der Waals surface area contributed by atoms with E-state index in [0.717, 1.165) is 0 Å². The summed E-state index contributed by atoms with van der Waals surface area (Å²) in [6, 6.07) is 0. The fourth-order valence-corrected chi connectivity index (χ4v) is 0. The Labute approximate surface area is 58.8 Å². The summed E-state index contributed by atoms with van der Waals surface area (Å²) in [6.45, 7) is 0. The summed E-state index contributed by atoms with van der Waals surface area (Å²) in [6.07, 6.45) is 0. The third-order valence-corrected chi connectivity index (χ3v) is 0. The Morgan fingerprint density at radius 2 is 1.29 bits per heavy atom. The van der Waals surface area contributed by atoms with Crippen molar-refractivity contribution in [3.63, 3.8) is 0 Å². The second-order valence-corrected chi connectivity index (χ2v) is 2.32. The zero-order chi connectivity index (χ0) is 6.50. The van der Waals surface area contributed by atoms with Gasteiger partial charge in [0.2, 0.25) is 0 Å². The van der Waals surface area contributed by atoms with E-state index in [4.69, 9.17) is 19.2 Å². The first-order valence-corrected chi connectivity index (χ1v) is 5.76. The molecule has 0 atom stereocenters. The zero-order valence-corrected chi connectivity index (χ0v) is 8.79. The first kappa shape index (κ1) is 11.0. The standard InChI is InChI=1S/AsH3O4.Bi.H2O.H/c2-1(3,4)5;;;/h(H3,2,3,4,5);;1H2;/q;+4;;/p-4. The van der Waals surface area contributed by atoms with Crippen molar-refractivity contribution in [3.05, 3.63) is 0 Å². The molecule has 0 fully saturated rings. The fourth-order valence-electron chi connectivity index (χ4n) is 0. The first-order valence-electron chi connectivity index (χ1n) is 0.954. The molecule has 0 aliphatic rings. The van der Waals surface area contributed by atoms with Crippen LogP contribution in [0.5, 0.6) is 0 Å². The van der Waals surface area contributed by atoms with Crippen LogP contribution in [0.1, 0.15) is 0 Å². The Bertz CT molecular complexity index is 54.2. The van der Waals surface area contributed by atoms with E-state index >= 15 is 0 Å². The molecule has 5 nitrogen and oxygen atoms in total. The third kappa shape index (κ3) is 156. The van der Waals surface area contributed by atoms with Crippen molar-refractivity contribution in [1.29, 1.82) is 0 Å². The Morgan fingerprint density at radius 3 is 1.29 bits per heavy atom. The summed E-state index contributed by atoms with van der Waals surface area (Å²) < 4.78 is 41.6. The van der Waals surface area contributed by atoms with Gasteiger partial charge in [-0.2, -0.15) is 0 Å². The average molecular weight is 366 g/mol. The molecule has 0 aromatic heterocycles. The quantitative estimate of drug-likeness (QED) is 0.432. The van der Waals surface area contributed by atoms with Crippen LogP contribution in [0.15, 0.2) is 0 Å². The van der Waals surface area contributed by atoms with Gasteiger partial charge in [-0.25, -0.2) is 0 Å². The van der Waals surface area contributed by atoms with Gasteiger partial charge in [0.05, 0.1) is 0 Å². The van der Waals surface area contributed by atoms with E-state index in [2.05, 4.69) is 0 Å². The van der Waals surface area contributed by atoms with Crippen LogP contribution in [0, 0.1) is 0 Å². The molecule has 0 aliphatic heterocycles. The van der Waals surface area contributed by atoms with E-state index < -0.39 is 14.5 Å². The van der Waals surface area contributed by atoms with E-state index in [-0.39, 0.29) is 0 Å². The predicted octanol–water partition coefficient (Wildman–Crippen LogP) is -5.27. The zero-order valence-electron chi connectivity index (χ0n) is 3.03. The normalized spacial score (nSPS) is 9.00. The van der Waals surface area contributed by atoms with Crippen LogP contribution in [-0.4, -0.2) is 42.9 Å². The molecule has 7 heavy (non-hydrogen) atoms. The number of hydrogen-bond acceptors (Lipinski definition) is 5. The van der Waals surface area contributed by atoms with Gasteiger partial charge in [0.25, 0.3) is 0 Å². The molecule has 0 saturated carbocycles. The van der Waals surface area contributed by atoms with Crippen LogP contribution in [0.2, 0.25) is 0 Å². The van der Waals surface area contributed by atoms with E-state index in [9.17, 15) is 0 Å². The summed E-state index contributed by atoms with van der Waals surface area (Å²) in [5.74, 6) is 0. The first-order chi connectivity index (χ1) is 3.00. The van der Waals surface area contributed by atoms with Crippen molar-refractivity contribution < 1.29 is 19.2 Å². The maximum absolute atomic E-state index is 8.61. The van der Waals surface area contributed by atoms with Crippen LogP contribution in [0.3, 0.4) is 0 Å². The second kappa shape index (κ2) is 5.22. The van der Waals surface area contributed by atoms with E-state index in [0.29, 0.717) is 25.2 Å². The maximum atomic E-state index is 8.61. The van der Waals surface area contributed by atoms with Crippen molar-refractivity contribution in [2.75, 3.05) is 0 Å². The molecule has 0 saturated heterocycles. The molecule has 0 radical (unpaired) electrons. The van der Waals surface area contributed by atoms with Crippen molar-refractivity contribution in [2.24, 2.45) is 0 Å². The van der Waals surface area contributed by atoms with Crippen molar-refractivity contribution in [2.45, 2.75) is 0 Å². The monoisotopic (exact) mass is 366 g/mol. The van der Waals surface area contributed by atoms with Crippen LogP contribution >= 0.6 is 0 Å². The molecular weight excluding hydrogens is 364 g/mol. The minimum atomic E-state index is -5.88. The summed E-state index contributed by atoms with van der Waals surface area (Å²) >= 11 is -5.57. The molecule has 0 aromatic carbocycles. The van der Waals surface area contributed by atoms with E-state index in [1.165, 1.54) is 0 Å². The van der Waals surface area contributed by atoms with Gasteiger partial charge < -0.3 is 0 Å². The molecule has 0 unspecified atom stereocenters. The SMILES string of the molecule is O=[As]([O-])([O-])[O-].[OH][BiH+3]. The van der Waals surface area contributed by atoms with Crippen LogP contribution in [0.25, 0.3) is 0 Å². The molecule has 0 amide bonds. The molecule has 0 bridgehead atoms. The predicted molar refractivity (Wildman–Crippen MR) is 15.8 cm³/mol. The van der Waals surface area contributed by atoms with E-state index in [1.807, 2.05) is 0 Å². The summed E-state index contributed by atoms with van der Waals surface area (Å²) in [4.78, 5) is 0. The fraction of sp³-hybridized carbons (Fsp3) is 0. The van der Waals surface area contributed by atoms with Crippen molar-refractivity contribution in [3.8, 4) is 0 Å². The Morgan fingerprint density at radius 1 is 1.29 bits per heavy atom. The van der Waals surface area contributed by atoms with Gasteiger partial charge in [-0.05, 0) is 0 Å². The van der Waals surface area contributed by atoms with Gasteiger partial charge in [0, 0.05) is 0 Å². The topological polar surface area (TPSA) is 106 Å². The van der Waals surface area contributed by atoms with E-state index in [1.54, 1.807) is 0 Å². The summed E-state index contributed by atoms with van der Waals surface area (Å²) in [5, 5.41) is 0. The molecule has 1 N–H and O–H groups in total. The molecule has 7 heteroatoms. The minimum absolute atomic E-state index is 0.306. The number of hydrogen-bond donors (Lipinski definition) is 1. The molecule has 0 heterocycles. The van der Waals surface area contributed by atoms with Gasteiger partial charge in [-0.15, -0.1) is 0 Å². The third-order valence-electron chi connectivity index (χ3n) is 0. The average Bonchev–Trinajstić information content (AvgIpc) is 1.36.